The molecule has 74 valence electrons. The van der Waals surface area contributed by atoms with Gasteiger partial charge in [-0.1, -0.05) is 11.1 Å². The second-order valence-corrected chi connectivity index (χ2v) is 4.45. The van der Waals surface area contributed by atoms with E-state index in [9.17, 15) is 0 Å². The maximum absolute atomic E-state index is 3.42. The van der Waals surface area contributed by atoms with Crippen molar-refractivity contribution in [3.8, 4) is 0 Å². The van der Waals surface area contributed by atoms with Gasteiger partial charge in [-0.2, -0.15) is 0 Å². The molecule has 2 rings (SSSR count). The zero-order valence-corrected chi connectivity index (χ0v) is 8.77. The van der Waals surface area contributed by atoms with Gasteiger partial charge in [0.1, 0.15) is 0 Å². The lowest BCUT2D eigenvalue weighted by molar-refractivity contribution is 0.202. The van der Waals surface area contributed by atoms with E-state index in [1.165, 1.54) is 39.0 Å². The number of rotatable bonds is 1. The van der Waals surface area contributed by atoms with Crippen molar-refractivity contribution in [2.45, 2.75) is 32.7 Å². The van der Waals surface area contributed by atoms with Crippen LogP contribution in [0.1, 0.15) is 26.7 Å². The summed E-state index contributed by atoms with van der Waals surface area (Å²) in [5, 5.41) is 3.42. The Hall–Kier alpha value is -0.340. The maximum Gasteiger partial charge on any atom is 0.0199 e. The van der Waals surface area contributed by atoms with Gasteiger partial charge in [0, 0.05) is 19.1 Å². The predicted octanol–water partition coefficient (Wildman–Crippen LogP) is 1.39. The molecule has 0 bridgehead atoms. The summed E-state index contributed by atoms with van der Waals surface area (Å²) >= 11 is 0. The summed E-state index contributed by atoms with van der Waals surface area (Å²) in [6, 6.07) is 0.841. The van der Waals surface area contributed by atoms with Gasteiger partial charge in [0.2, 0.25) is 0 Å². The topological polar surface area (TPSA) is 15.3 Å². The Bertz CT molecular complexity index is 200. The third-order valence-corrected chi connectivity index (χ3v) is 3.43. The van der Waals surface area contributed by atoms with Crippen LogP contribution in [0, 0.1) is 0 Å². The van der Waals surface area contributed by atoms with Crippen LogP contribution in [0.4, 0.5) is 0 Å². The lowest BCUT2D eigenvalue weighted by Gasteiger charge is -2.31. The molecule has 13 heavy (non-hydrogen) atoms. The Morgan fingerprint density at radius 3 is 2.15 bits per heavy atom. The van der Waals surface area contributed by atoms with Crippen LogP contribution in [0.3, 0.4) is 0 Å². The van der Waals surface area contributed by atoms with Crippen LogP contribution < -0.4 is 5.32 Å². The largest absolute Gasteiger partial charge is 0.317 e. The van der Waals surface area contributed by atoms with Crippen LogP contribution in [0.15, 0.2) is 11.1 Å². The molecule has 0 aromatic heterocycles. The number of nitrogens with one attached hydrogen (secondary N) is 1. The first-order chi connectivity index (χ1) is 6.27. The summed E-state index contributed by atoms with van der Waals surface area (Å²) < 4.78 is 0. The molecular formula is C11H20N2. The van der Waals surface area contributed by atoms with Gasteiger partial charge in [0.15, 0.2) is 0 Å². The van der Waals surface area contributed by atoms with Gasteiger partial charge in [-0.15, -0.1) is 0 Å². The minimum absolute atomic E-state index is 0.841. The summed E-state index contributed by atoms with van der Waals surface area (Å²) in [6.45, 7) is 9.40. The van der Waals surface area contributed by atoms with E-state index < -0.39 is 0 Å². The van der Waals surface area contributed by atoms with Crippen molar-refractivity contribution >= 4 is 0 Å². The van der Waals surface area contributed by atoms with Crippen molar-refractivity contribution < 1.29 is 0 Å². The molecule has 2 nitrogen and oxygen atoms in total. The van der Waals surface area contributed by atoms with Crippen molar-refractivity contribution in [3.05, 3.63) is 11.1 Å². The molecule has 1 N–H and O–H groups in total. The van der Waals surface area contributed by atoms with E-state index in [4.69, 9.17) is 0 Å². The molecule has 0 amide bonds. The van der Waals surface area contributed by atoms with Gasteiger partial charge in [0.05, 0.1) is 0 Å². The predicted molar refractivity (Wildman–Crippen MR) is 55.8 cm³/mol. The lowest BCUT2D eigenvalue weighted by atomic mass is 10.1. The van der Waals surface area contributed by atoms with Crippen LogP contribution in [0.25, 0.3) is 0 Å². The highest BCUT2D eigenvalue weighted by molar-refractivity contribution is 5.19. The Morgan fingerprint density at radius 2 is 1.62 bits per heavy atom. The Balaban J connectivity index is 1.90. The first-order valence-electron chi connectivity index (χ1n) is 5.37. The number of hydrogen-bond donors (Lipinski definition) is 1. The van der Waals surface area contributed by atoms with E-state index in [0.29, 0.717) is 0 Å². The summed E-state index contributed by atoms with van der Waals surface area (Å²) in [5.74, 6) is 0. The van der Waals surface area contributed by atoms with Gasteiger partial charge in [-0.25, -0.2) is 0 Å². The number of nitrogens with zero attached hydrogens (tertiary/aromatic N) is 1. The molecule has 2 aliphatic heterocycles. The second-order valence-electron chi connectivity index (χ2n) is 4.45. The zero-order chi connectivity index (χ0) is 9.26. The normalized spacial score (nSPS) is 27.2. The SMILES string of the molecule is CC1=C(C)CN(C2CCNCC2)C1. The third kappa shape index (κ3) is 1.94. The molecular weight excluding hydrogens is 160 g/mol. The van der Waals surface area contributed by atoms with E-state index in [-0.39, 0.29) is 0 Å². The van der Waals surface area contributed by atoms with Crippen LogP contribution in [0.2, 0.25) is 0 Å². The fourth-order valence-corrected chi connectivity index (χ4v) is 2.37. The smallest absolute Gasteiger partial charge is 0.0199 e. The zero-order valence-electron chi connectivity index (χ0n) is 8.77. The van der Waals surface area contributed by atoms with Gasteiger partial charge in [-0.05, 0) is 39.8 Å². The molecule has 0 radical (unpaired) electrons. The summed E-state index contributed by atoms with van der Waals surface area (Å²) in [6.07, 6.45) is 2.67. The molecule has 0 aliphatic carbocycles. The summed E-state index contributed by atoms with van der Waals surface area (Å²) in [4.78, 5) is 2.64. The van der Waals surface area contributed by atoms with Gasteiger partial charge in [-0.3, -0.25) is 4.90 Å². The van der Waals surface area contributed by atoms with Crippen LogP contribution in [0.5, 0.6) is 0 Å². The minimum atomic E-state index is 0.841. The van der Waals surface area contributed by atoms with E-state index in [2.05, 4.69) is 24.1 Å². The molecule has 1 saturated heterocycles. The molecule has 2 aliphatic rings. The Kier molecular flexibility index (Phi) is 2.70. The first-order valence-corrected chi connectivity index (χ1v) is 5.37. The average Bonchev–Trinajstić information content (AvgIpc) is 2.49. The van der Waals surface area contributed by atoms with E-state index >= 15 is 0 Å². The van der Waals surface area contributed by atoms with Crippen molar-refractivity contribution in [1.82, 2.24) is 10.2 Å². The molecule has 2 heteroatoms. The number of hydrogen-bond acceptors (Lipinski definition) is 2. The molecule has 0 spiro atoms. The van der Waals surface area contributed by atoms with Gasteiger partial charge < -0.3 is 5.32 Å². The van der Waals surface area contributed by atoms with Crippen molar-refractivity contribution in [1.29, 1.82) is 0 Å². The van der Waals surface area contributed by atoms with Crippen molar-refractivity contribution in [2.24, 2.45) is 0 Å². The lowest BCUT2D eigenvalue weighted by Crippen LogP contribution is -2.42. The standard InChI is InChI=1S/C11H20N2/c1-9-7-13(8-10(9)2)11-3-5-12-6-4-11/h11-12H,3-8H2,1-2H3. The van der Waals surface area contributed by atoms with Crippen LogP contribution in [-0.4, -0.2) is 37.1 Å². The second kappa shape index (κ2) is 3.81. The minimum Gasteiger partial charge on any atom is -0.317 e. The van der Waals surface area contributed by atoms with E-state index in [1.54, 1.807) is 11.1 Å². The van der Waals surface area contributed by atoms with Gasteiger partial charge >= 0.3 is 0 Å². The highest BCUT2D eigenvalue weighted by atomic mass is 15.2. The highest BCUT2D eigenvalue weighted by Crippen LogP contribution is 2.22. The molecule has 2 heterocycles. The molecule has 0 saturated carbocycles. The fourth-order valence-electron chi connectivity index (χ4n) is 2.37. The molecule has 0 aromatic carbocycles. The van der Waals surface area contributed by atoms with Gasteiger partial charge in [0.25, 0.3) is 0 Å². The van der Waals surface area contributed by atoms with Crippen molar-refractivity contribution in [2.75, 3.05) is 26.2 Å². The summed E-state index contributed by atoms with van der Waals surface area (Å²) in [5.41, 5.74) is 3.19. The first kappa shape index (κ1) is 9.22. The highest BCUT2D eigenvalue weighted by Gasteiger charge is 2.25. The average molecular weight is 180 g/mol. The molecule has 0 unspecified atom stereocenters. The molecule has 1 fully saturated rings. The third-order valence-electron chi connectivity index (χ3n) is 3.43. The maximum atomic E-state index is 3.42. The van der Waals surface area contributed by atoms with Crippen LogP contribution >= 0.6 is 0 Å². The quantitative estimate of drug-likeness (QED) is 0.613. The monoisotopic (exact) mass is 180 g/mol. The fraction of sp³-hybridized carbons (Fsp3) is 0.818. The molecule has 0 atom stereocenters. The van der Waals surface area contributed by atoms with E-state index in [1.807, 2.05) is 0 Å². The van der Waals surface area contributed by atoms with Crippen LogP contribution in [-0.2, 0) is 0 Å². The van der Waals surface area contributed by atoms with E-state index in [0.717, 1.165) is 6.04 Å². The molecule has 0 aromatic rings. The Morgan fingerprint density at radius 1 is 1.08 bits per heavy atom. The Labute approximate surface area is 81.0 Å². The summed E-state index contributed by atoms with van der Waals surface area (Å²) in [7, 11) is 0. The van der Waals surface area contributed by atoms with Crippen molar-refractivity contribution in [3.63, 3.8) is 0 Å². The number of piperidine rings is 1.